The van der Waals surface area contributed by atoms with Crippen molar-refractivity contribution in [1.82, 2.24) is 0 Å². The molecule has 0 aliphatic carbocycles. The minimum atomic E-state index is -4.71. The smallest absolute Gasteiger partial charge is 0.493 e. The van der Waals surface area contributed by atoms with Gasteiger partial charge in [-0.1, -0.05) is 0 Å². The Balaban J connectivity index is 2.56. The lowest BCUT2D eigenvalue weighted by Gasteiger charge is -2.12. The molecule has 102 valence electrons. The van der Waals surface area contributed by atoms with Crippen LogP contribution in [-0.2, 0) is 4.74 Å². The minimum Gasteiger partial charge on any atom is -0.493 e. The van der Waals surface area contributed by atoms with Crippen LogP contribution in [0.25, 0.3) is 0 Å². The Labute approximate surface area is 111 Å². The van der Waals surface area contributed by atoms with Crippen molar-refractivity contribution in [2.45, 2.75) is 12.8 Å². The molecule has 0 saturated heterocycles. The Morgan fingerprint density at radius 3 is 2.50 bits per heavy atom. The molecule has 0 spiro atoms. The average molecular weight is 329 g/mol. The maximum absolute atomic E-state index is 12.0. The molecule has 0 heterocycles. The van der Waals surface area contributed by atoms with Gasteiger partial charge in [0.25, 0.3) is 0 Å². The maximum Gasteiger partial charge on any atom is 0.573 e. The van der Waals surface area contributed by atoms with E-state index >= 15 is 0 Å². The molecule has 0 fully saturated rings. The third-order valence-electron chi connectivity index (χ3n) is 1.89. The summed E-state index contributed by atoms with van der Waals surface area (Å²) < 4.78 is 50.2. The first kappa shape index (κ1) is 15.1. The molecule has 0 aliphatic heterocycles. The van der Waals surface area contributed by atoms with Gasteiger partial charge in [0.05, 0.1) is 11.1 Å². The molecular formula is C11H12BrF3O3. The number of rotatable bonds is 6. The summed E-state index contributed by atoms with van der Waals surface area (Å²) >= 11 is 2.99. The van der Waals surface area contributed by atoms with Crippen molar-refractivity contribution in [2.75, 3.05) is 20.3 Å². The summed E-state index contributed by atoms with van der Waals surface area (Å²) in [4.78, 5) is 0. The predicted octanol–water partition coefficient (Wildman–Crippen LogP) is 3.76. The number of benzene rings is 1. The third kappa shape index (κ3) is 5.59. The van der Waals surface area contributed by atoms with E-state index in [2.05, 4.69) is 20.7 Å². The zero-order valence-corrected chi connectivity index (χ0v) is 11.2. The first-order chi connectivity index (χ1) is 8.42. The zero-order valence-electron chi connectivity index (χ0n) is 9.59. The first-order valence-electron chi connectivity index (χ1n) is 5.09. The van der Waals surface area contributed by atoms with Gasteiger partial charge in [-0.3, -0.25) is 0 Å². The Bertz CT molecular complexity index is 382. The molecule has 1 rings (SSSR count). The van der Waals surface area contributed by atoms with E-state index < -0.39 is 6.36 Å². The van der Waals surface area contributed by atoms with Crippen LogP contribution in [0.1, 0.15) is 6.42 Å². The van der Waals surface area contributed by atoms with E-state index in [4.69, 9.17) is 9.47 Å². The molecule has 0 aromatic heterocycles. The summed E-state index contributed by atoms with van der Waals surface area (Å²) in [5.41, 5.74) is 0. The highest BCUT2D eigenvalue weighted by atomic mass is 79.9. The molecule has 0 N–H and O–H groups in total. The van der Waals surface area contributed by atoms with E-state index in [1.807, 2.05) is 0 Å². The summed E-state index contributed by atoms with van der Waals surface area (Å²) in [6.07, 6.45) is -4.00. The van der Waals surface area contributed by atoms with Gasteiger partial charge in [-0.15, -0.1) is 13.2 Å². The summed E-state index contributed by atoms with van der Waals surface area (Å²) in [6.45, 7) is 0.996. The average Bonchev–Trinajstić information content (AvgIpc) is 2.26. The number of alkyl halides is 3. The fourth-order valence-electron chi connectivity index (χ4n) is 1.17. The van der Waals surface area contributed by atoms with Gasteiger partial charge < -0.3 is 14.2 Å². The van der Waals surface area contributed by atoms with Gasteiger partial charge in [-0.25, -0.2) is 0 Å². The van der Waals surface area contributed by atoms with Crippen molar-refractivity contribution in [3.8, 4) is 11.5 Å². The van der Waals surface area contributed by atoms with Crippen LogP contribution in [0.3, 0.4) is 0 Å². The highest BCUT2D eigenvalue weighted by molar-refractivity contribution is 9.10. The van der Waals surface area contributed by atoms with Gasteiger partial charge in [0, 0.05) is 20.1 Å². The van der Waals surface area contributed by atoms with Crippen molar-refractivity contribution in [1.29, 1.82) is 0 Å². The van der Waals surface area contributed by atoms with Gasteiger partial charge in [0.2, 0.25) is 0 Å². The van der Waals surface area contributed by atoms with Gasteiger partial charge >= 0.3 is 6.36 Å². The van der Waals surface area contributed by atoms with E-state index in [0.717, 1.165) is 0 Å². The molecule has 0 bridgehead atoms. The van der Waals surface area contributed by atoms with E-state index in [1.165, 1.54) is 18.2 Å². The Kier molecular flexibility index (Phi) is 5.74. The van der Waals surface area contributed by atoms with Crippen molar-refractivity contribution >= 4 is 15.9 Å². The summed E-state index contributed by atoms with van der Waals surface area (Å²) in [7, 11) is 1.58. The Morgan fingerprint density at radius 1 is 1.22 bits per heavy atom. The van der Waals surface area contributed by atoms with Gasteiger partial charge in [0.15, 0.2) is 0 Å². The molecule has 0 atom stereocenters. The Morgan fingerprint density at radius 2 is 1.94 bits per heavy atom. The second-order valence-electron chi connectivity index (χ2n) is 3.33. The molecular weight excluding hydrogens is 317 g/mol. The monoisotopic (exact) mass is 328 g/mol. The van der Waals surface area contributed by atoms with Crippen LogP contribution in [0.15, 0.2) is 22.7 Å². The molecule has 0 radical (unpaired) electrons. The van der Waals surface area contributed by atoms with Crippen LogP contribution in [0.2, 0.25) is 0 Å². The number of halogens is 4. The molecule has 0 amide bonds. The van der Waals surface area contributed by atoms with E-state index in [-0.39, 0.29) is 10.2 Å². The fraction of sp³-hybridized carbons (Fsp3) is 0.455. The van der Waals surface area contributed by atoms with Crippen LogP contribution in [-0.4, -0.2) is 26.7 Å². The predicted molar refractivity (Wildman–Crippen MR) is 62.8 cm³/mol. The molecule has 7 heteroatoms. The largest absolute Gasteiger partial charge is 0.573 e. The van der Waals surface area contributed by atoms with Crippen molar-refractivity contribution in [3.05, 3.63) is 22.7 Å². The summed E-state index contributed by atoms with van der Waals surface area (Å²) in [6, 6.07) is 4.04. The van der Waals surface area contributed by atoms with Gasteiger partial charge in [-0.05, 0) is 34.1 Å². The Hall–Kier alpha value is -0.950. The van der Waals surface area contributed by atoms with E-state index in [9.17, 15) is 13.2 Å². The number of methoxy groups -OCH3 is 1. The standard InChI is InChI=1S/C11H12BrF3O3/c1-16-5-2-6-17-8-3-4-10(9(12)7-8)18-11(13,14)15/h3-4,7H,2,5-6H2,1H3. The zero-order chi connectivity index (χ0) is 13.6. The fourth-order valence-corrected chi connectivity index (χ4v) is 1.61. The maximum atomic E-state index is 12.0. The molecule has 0 aliphatic rings. The highest BCUT2D eigenvalue weighted by Crippen LogP contribution is 2.33. The van der Waals surface area contributed by atoms with Gasteiger partial charge in [-0.2, -0.15) is 0 Å². The van der Waals surface area contributed by atoms with Crippen LogP contribution in [0.4, 0.5) is 13.2 Å². The van der Waals surface area contributed by atoms with Crippen LogP contribution in [0, 0.1) is 0 Å². The number of ether oxygens (including phenoxy) is 3. The molecule has 0 unspecified atom stereocenters. The van der Waals surface area contributed by atoms with Crippen molar-refractivity contribution in [2.24, 2.45) is 0 Å². The van der Waals surface area contributed by atoms with Crippen LogP contribution >= 0.6 is 15.9 Å². The molecule has 1 aromatic carbocycles. The minimum absolute atomic E-state index is 0.184. The third-order valence-corrected chi connectivity index (χ3v) is 2.51. The second kappa shape index (κ2) is 6.84. The lowest BCUT2D eigenvalue weighted by atomic mass is 10.3. The summed E-state index contributed by atoms with van der Waals surface area (Å²) in [5, 5.41) is 0. The second-order valence-corrected chi connectivity index (χ2v) is 4.19. The van der Waals surface area contributed by atoms with Crippen molar-refractivity contribution in [3.63, 3.8) is 0 Å². The summed E-state index contributed by atoms with van der Waals surface area (Å²) in [5.74, 6) is 0.166. The molecule has 18 heavy (non-hydrogen) atoms. The first-order valence-corrected chi connectivity index (χ1v) is 5.88. The lowest BCUT2D eigenvalue weighted by Crippen LogP contribution is -2.17. The quantitative estimate of drug-likeness (QED) is 0.744. The number of hydrogen-bond acceptors (Lipinski definition) is 3. The van der Waals surface area contributed by atoms with E-state index in [0.29, 0.717) is 25.4 Å². The lowest BCUT2D eigenvalue weighted by molar-refractivity contribution is -0.274. The molecule has 3 nitrogen and oxygen atoms in total. The highest BCUT2D eigenvalue weighted by Gasteiger charge is 2.31. The van der Waals surface area contributed by atoms with Crippen molar-refractivity contribution < 1.29 is 27.4 Å². The normalized spacial score (nSPS) is 11.4. The SMILES string of the molecule is COCCCOc1ccc(OC(F)(F)F)c(Br)c1. The molecule has 1 aromatic rings. The van der Waals surface area contributed by atoms with Crippen LogP contribution in [0.5, 0.6) is 11.5 Å². The van der Waals surface area contributed by atoms with Gasteiger partial charge in [0.1, 0.15) is 11.5 Å². The number of hydrogen-bond donors (Lipinski definition) is 0. The van der Waals surface area contributed by atoms with E-state index in [1.54, 1.807) is 7.11 Å². The topological polar surface area (TPSA) is 27.7 Å². The molecule has 0 saturated carbocycles. The van der Waals surface area contributed by atoms with Crippen LogP contribution < -0.4 is 9.47 Å².